The van der Waals surface area contributed by atoms with Crippen molar-refractivity contribution in [1.82, 2.24) is 5.32 Å². The highest BCUT2D eigenvalue weighted by Crippen LogP contribution is 2.32. The molecule has 0 saturated carbocycles. The largest absolute Gasteiger partial charge is 0.478 e. The standard InChI is InChI=1S/C16H14F3NO4/c1-8-12(14(21)22)7-13(9(2)20-8)15(23)24-11-5-3-4-10(6-11)16(17,18)19/h3-6,20H,7H2,1-2H3,(H,21,22). The number of alkyl halides is 3. The summed E-state index contributed by atoms with van der Waals surface area (Å²) in [6.45, 7) is 3.12. The van der Waals surface area contributed by atoms with Gasteiger partial charge >= 0.3 is 18.1 Å². The third-order valence-electron chi connectivity index (χ3n) is 3.51. The van der Waals surface area contributed by atoms with Crippen LogP contribution in [-0.2, 0) is 15.8 Å². The van der Waals surface area contributed by atoms with E-state index in [9.17, 15) is 22.8 Å². The minimum atomic E-state index is -4.56. The molecule has 8 heteroatoms. The fraction of sp³-hybridized carbons (Fsp3) is 0.250. The summed E-state index contributed by atoms with van der Waals surface area (Å²) in [4.78, 5) is 23.4. The highest BCUT2D eigenvalue weighted by atomic mass is 19.4. The topological polar surface area (TPSA) is 75.6 Å². The number of carbonyl (C=O) groups is 2. The summed E-state index contributed by atoms with van der Waals surface area (Å²) in [6, 6.07) is 3.92. The molecule has 128 valence electrons. The van der Waals surface area contributed by atoms with E-state index >= 15 is 0 Å². The van der Waals surface area contributed by atoms with Crippen LogP contribution in [0.5, 0.6) is 5.75 Å². The Morgan fingerprint density at radius 3 is 2.38 bits per heavy atom. The molecule has 0 unspecified atom stereocenters. The lowest BCUT2D eigenvalue weighted by Gasteiger charge is -2.21. The quantitative estimate of drug-likeness (QED) is 0.652. The molecule has 0 saturated heterocycles. The summed E-state index contributed by atoms with van der Waals surface area (Å²) in [7, 11) is 0. The van der Waals surface area contributed by atoms with Crippen molar-refractivity contribution < 1.29 is 32.6 Å². The SMILES string of the molecule is CC1=C(C(=O)O)CC(C(=O)Oc2cccc(C(F)(F)F)c2)=C(C)N1. The van der Waals surface area contributed by atoms with Gasteiger partial charge in [0.05, 0.1) is 16.7 Å². The van der Waals surface area contributed by atoms with E-state index in [4.69, 9.17) is 9.84 Å². The van der Waals surface area contributed by atoms with Crippen LogP contribution >= 0.6 is 0 Å². The number of dihydropyridines is 1. The highest BCUT2D eigenvalue weighted by molar-refractivity contribution is 5.96. The number of carboxylic acids is 1. The molecule has 1 aromatic rings. The van der Waals surface area contributed by atoms with E-state index in [2.05, 4.69) is 5.32 Å². The van der Waals surface area contributed by atoms with Crippen molar-refractivity contribution in [3.8, 4) is 5.75 Å². The Morgan fingerprint density at radius 1 is 1.17 bits per heavy atom. The highest BCUT2D eigenvalue weighted by Gasteiger charge is 2.31. The molecule has 0 radical (unpaired) electrons. The second-order valence-electron chi connectivity index (χ2n) is 5.23. The number of carbonyl (C=O) groups excluding carboxylic acids is 1. The maximum Gasteiger partial charge on any atom is 0.416 e. The smallest absolute Gasteiger partial charge is 0.416 e. The van der Waals surface area contributed by atoms with Crippen LogP contribution in [0.1, 0.15) is 25.8 Å². The van der Waals surface area contributed by atoms with Crippen molar-refractivity contribution in [2.75, 3.05) is 0 Å². The fourth-order valence-electron chi connectivity index (χ4n) is 2.24. The predicted molar refractivity (Wildman–Crippen MR) is 77.9 cm³/mol. The Bertz CT molecular complexity index is 763. The lowest BCUT2D eigenvalue weighted by molar-refractivity contribution is -0.138. The number of nitrogens with one attached hydrogen (secondary N) is 1. The average molecular weight is 341 g/mol. The minimum absolute atomic E-state index is 0.00316. The molecule has 0 spiro atoms. The van der Waals surface area contributed by atoms with Gasteiger partial charge in [0, 0.05) is 17.8 Å². The van der Waals surface area contributed by atoms with Gasteiger partial charge in [0.15, 0.2) is 0 Å². The van der Waals surface area contributed by atoms with Crippen molar-refractivity contribution in [1.29, 1.82) is 0 Å². The zero-order valence-corrected chi connectivity index (χ0v) is 12.8. The van der Waals surface area contributed by atoms with Crippen molar-refractivity contribution in [2.45, 2.75) is 26.4 Å². The van der Waals surface area contributed by atoms with Crippen LogP contribution in [0.4, 0.5) is 13.2 Å². The number of rotatable bonds is 3. The molecule has 0 aromatic heterocycles. The van der Waals surface area contributed by atoms with Gasteiger partial charge in [-0.2, -0.15) is 13.2 Å². The van der Waals surface area contributed by atoms with Crippen molar-refractivity contribution >= 4 is 11.9 Å². The molecular weight excluding hydrogens is 327 g/mol. The van der Waals surface area contributed by atoms with E-state index in [0.717, 1.165) is 12.1 Å². The summed E-state index contributed by atoms with van der Waals surface area (Å²) in [5, 5.41) is 11.9. The molecule has 1 aliphatic heterocycles. The summed E-state index contributed by atoms with van der Waals surface area (Å²) in [5.41, 5.74) is -0.0978. The molecule has 2 rings (SSSR count). The Hall–Kier alpha value is -2.77. The van der Waals surface area contributed by atoms with Gasteiger partial charge in [-0.3, -0.25) is 0 Å². The van der Waals surface area contributed by atoms with Gasteiger partial charge < -0.3 is 15.2 Å². The van der Waals surface area contributed by atoms with Crippen LogP contribution in [0.25, 0.3) is 0 Å². The third-order valence-corrected chi connectivity index (χ3v) is 3.51. The molecule has 2 N–H and O–H groups in total. The van der Waals surface area contributed by atoms with Gasteiger partial charge in [0.2, 0.25) is 0 Å². The van der Waals surface area contributed by atoms with E-state index in [1.54, 1.807) is 13.8 Å². The second kappa shape index (κ2) is 6.38. The molecular formula is C16H14F3NO4. The Labute approximate surface area is 135 Å². The number of ether oxygens (including phenoxy) is 1. The van der Waals surface area contributed by atoms with E-state index < -0.39 is 23.7 Å². The summed E-state index contributed by atoms with van der Waals surface area (Å²) >= 11 is 0. The van der Waals surface area contributed by atoms with Crippen LogP contribution in [0.2, 0.25) is 0 Å². The first kappa shape index (κ1) is 17.6. The first-order valence-corrected chi connectivity index (χ1v) is 6.89. The number of hydrogen-bond acceptors (Lipinski definition) is 4. The molecule has 1 aromatic carbocycles. The first-order chi connectivity index (χ1) is 11.1. The number of benzene rings is 1. The molecule has 1 aliphatic rings. The molecule has 1 heterocycles. The number of halogens is 3. The van der Waals surface area contributed by atoms with Crippen LogP contribution in [0.15, 0.2) is 46.8 Å². The molecule has 0 atom stereocenters. The Balaban J connectivity index is 2.22. The summed E-state index contributed by atoms with van der Waals surface area (Å²) < 4.78 is 43.0. The Morgan fingerprint density at radius 2 is 1.79 bits per heavy atom. The zero-order valence-electron chi connectivity index (χ0n) is 12.8. The van der Waals surface area contributed by atoms with Gasteiger partial charge in [-0.05, 0) is 32.0 Å². The molecule has 24 heavy (non-hydrogen) atoms. The van der Waals surface area contributed by atoms with E-state index in [1.807, 2.05) is 0 Å². The molecule has 5 nitrogen and oxygen atoms in total. The van der Waals surface area contributed by atoms with E-state index in [0.29, 0.717) is 17.5 Å². The monoisotopic (exact) mass is 341 g/mol. The predicted octanol–water partition coefficient (Wildman–Crippen LogP) is 3.24. The molecule has 0 bridgehead atoms. The van der Waals surface area contributed by atoms with Crippen LogP contribution in [0.3, 0.4) is 0 Å². The zero-order chi connectivity index (χ0) is 18.1. The number of esters is 1. The first-order valence-electron chi connectivity index (χ1n) is 6.89. The molecule has 0 aliphatic carbocycles. The van der Waals surface area contributed by atoms with Crippen LogP contribution in [-0.4, -0.2) is 17.0 Å². The van der Waals surface area contributed by atoms with Gasteiger partial charge in [-0.25, -0.2) is 9.59 Å². The van der Waals surface area contributed by atoms with Crippen molar-refractivity contribution in [2.24, 2.45) is 0 Å². The lowest BCUT2D eigenvalue weighted by Crippen LogP contribution is -2.26. The minimum Gasteiger partial charge on any atom is -0.478 e. The summed E-state index contributed by atoms with van der Waals surface area (Å²) in [5.74, 6) is -2.35. The maximum atomic E-state index is 12.7. The molecule has 0 fully saturated rings. The third kappa shape index (κ3) is 3.76. The Kier molecular flexibility index (Phi) is 4.68. The lowest BCUT2D eigenvalue weighted by atomic mass is 9.98. The number of carboxylic acid groups (broad SMARTS) is 1. The fourth-order valence-corrected chi connectivity index (χ4v) is 2.24. The normalized spacial score (nSPS) is 15.2. The van der Waals surface area contributed by atoms with Gasteiger partial charge in [0.1, 0.15) is 5.75 Å². The van der Waals surface area contributed by atoms with E-state index in [-0.39, 0.29) is 23.3 Å². The number of hydrogen-bond donors (Lipinski definition) is 2. The average Bonchev–Trinajstić information content (AvgIpc) is 2.46. The maximum absolute atomic E-state index is 12.7. The second-order valence-corrected chi connectivity index (χ2v) is 5.23. The van der Waals surface area contributed by atoms with Gasteiger partial charge in [-0.1, -0.05) is 6.07 Å². The number of allylic oxidation sites excluding steroid dienone is 2. The van der Waals surface area contributed by atoms with Crippen molar-refractivity contribution in [3.63, 3.8) is 0 Å². The van der Waals surface area contributed by atoms with Crippen LogP contribution < -0.4 is 10.1 Å². The number of aliphatic carboxylic acids is 1. The molecule has 0 amide bonds. The summed E-state index contributed by atoms with van der Waals surface area (Å²) in [6.07, 6.45) is -4.72. The van der Waals surface area contributed by atoms with Crippen molar-refractivity contribution in [3.05, 3.63) is 52.4 Å². The van der Waals surface area contributed by atoms with Gasteiger partial charge in [0.25, 0.3) is 0 Å². The van der Waals surface area contributed by atoms with E-state index in [1.165, 1.54) is 6.07 Å². The van der Waals surface area contributed by atoms with Gasteiger partial charge in [-0.15, -0.1) is 0 Å². The van der Waals surface area contributed by atoms with Crippen LogP contribution in [0, 0.1) is 0 Å².